The summed E-state index contributed by atoms with van der Waals surface area (Å²) in [7, 11) is 0. The molecule has 0 aliphatic carbocycles. The molecule has 4 heteroatoms. The number of hydrogen-bond donors (Lipinski definition) is 1. The molecule has 1 N–H and O–H groups in total. The van der Waals surface area contributed by atoms with Crippen molar-refractivity contribution >= 4 is 27.3 Å². The predicted molar refractivity (Wildman–Crippen MR) is 82.5 cm³/mol. The summed E-state index contributed by atoms with van der Waals surface area (Å²) in [5.74, 6) is -0.449. The quantitative estimate of drug-likeness (QED) is 0.839. The lowest BCUT2D eigenvalue weighted by Gasteiger charge is -2.13. The zero-order valence-corrected chi connectivity index (χ0v) is 12.7. The van der Waals surface area contributed by atoms with E-state index in [0.29, 0.717) is 5.69 Å². The average molecular weight is 333 g/mol. The zero-order chi connectivity index (χ0) is 14.5. The minimum absolute atomic E-state index is 0.193. The van der Waals surface area contributed by atoms with Crippen LogP contribution in [0.5, 0.6) is 0 Å². The first-order valence-electron chi connectivity index (χ1n) is 6.40. The van der Waals surface area contributed by atoms with Crippen molar-refractivity contribution in [2.45, 2.75) is 19.8 Å². The van der Waals surface area contributed by atoms with Gasteiger partial charge >= 0.3 is 0 Å². The van der Waals surface area contributed by atoms with Gasteiger partial charge in [-0.3, -0.25) is 0 Å². The van der Waals surface area contributed by atoms with Crippen LogP contribution < -0.4 is 5.32 Å². The second-order valence-corrected chi connectivity index (χ2v) is 5.23. The molecule has 0 aromatic heterocycles. The summed E-state index contributed by atoms with van der Waals surface area (Å²) in [6.45, 7) is 2.11. The fourth-order valence-corrected chi connectivity index (χ4v) is 2.44. The number of nitrogens with one attached hydrogen (secondary N) is 1. The first-order chi connectivity index (χ1) is 9.67. The highest BCUT2D eigenvalue weighted by molar-refractivity contribution is 9.10. The highest BCUT2D eigenvalue weighted by Gasteiger charge is 2.12. The molecule has 0 atom stereocenters. The highest BCUT2D eigenvalue weighted by atomic mass is 79.9. The van der Waals surface area contributed by atoms with Crippen LogP contribution in [0.25, 0.3) is 0 Å². The molecule has 0 saturated heterocycles. The van der Waals surface area contributed by atoms with Crippen molar-refractivity contribution in [2.75, 3.05) is 5.32 Å². The molecule has 0 spiro atoms. The fraction of sp³-hybridized carbons (Fsp3) is 0.188. The smallest absolute Gasteiger partial charge is 0.162 e. The summed E-state index contributed by atoms with van der Waals surface area (Å²) in [4.78, 5) is 0. The standard InChI is InChI=1S/C16H14BrFN2/c1-2-5-11-6-3-4-7-13(11)20-14-9-8-12(10-19)15(17)16(14)18/h3-4,6-9,20H,2,5H2,1H3. The Kier molecular flexibility index (Phi) is 4.75. The van der Waals surface area contributed by atoms with Crippen LogP contribution >= 0.6 is 15.9 Å². The van der Waals surface area contributed by atoms with E-state index in [9.17, 15) is 4.39 Å². The van der Waals surface area contributed by atoms with Gasteiger partial charge in [-0.1, -0.05) is 31.5 Å². The SMILES string of the molecule is CCCc1ccccc1Nc1ccc(C#N)c(Br)c1F. The number of hydrogen-bond acceptors (Lipinski definition) is 2. The lowest BCUT2D eigenvalue weighted by Crippen LogP contribution is -1.99. The molecule has 2 aromatic carbocycles. The van der Waals surface area contributed by atoms with E-state index in [1.807, 2.05) is 30.3 Å². The van der Waals surface area contributed by atoms with E-state index in [4.69, 9.17) is 5.26 Å². The van der Waals surface area contributed by atoms with Crippen LogP contribution in [-0.2, 0) is 6.42 Å². The maximum absolute atomic E-state index is 14.2. The van der Waals surface area contributed by atoms with Gasteiger partial charge in [0.25, 0.3) is 0 Å². The van der Waals surface area contributed by atoms with Crippen molar-refractivity contribution in [2.24, 2.45) is 0 Å². The first kappa shape index (κ1) is 14.5. The van der Waals surface area contributed by atoms with E-state index < -0.39 is 5.82 Å². The molecule has 0 aliphatic rings. The van der Waals surface area contributed by atoms with Crippen LogP contribution in [0.3, 0.4) is 0 Å². The van der Waals surface area contributed by atoms with Crippen molar-refractivity contribution in [1.82, 2.24) is 0 Å². The van der Waals surface area contributed by atoms with Gasteiger partial charge in [0.1, 0.15) is 6.07 Å². The Morgan fingerprint density at radius 3 is 2.65 bits per heavy atom. The summed E-state index contributed by atoms with van der Waals surface area (Å²) >= 11 is 3.12. The Morgan fingerprint density at radius 2 is 1.95 bits per heavy atom. The number of rotatable bonds is 4. The van der Waals surface area contributed by atoms with Gasteiger partial charge in [0.15, 0.2) is 5.82 Å². The molecule has 0 aliphatic heterocycles. The second kappa shape index (κ2) is 6.53. The molecule has 0 fully saturated rings. The Labute approximate surface area is 126 Å². The third kappa shape index (κ3) is 3.00. The second-order valence-electron chi connectivity index (χ2n) is 4.43. The number of para-hydroxylation sites is 1. The Hall–Kier alpha value is -1.86. The molecule has 0 radical (unpaired) electrons. The number of nitriles is 1. The summed E-state index contributed by atoms with van der Waals surface area (Å²) in [6.07, 6.45) is 1.96. The maximum Gasteiger partial charge on any atom is 0.162 e. The molecule has 0 unspecified atom stereocenters. The molecule has 20 heavy (non-hydrogen) atoms. The van der Waals surface area contributed by atoms with Crippen LogP contribution in [0.15, 0.2) is 40.9 Å². The van der Waals surface area contributed by atoms with E-state index >= 15 is 0 Å². The number of anilines is 2. The van der Waals surface area contributed by atoms with Crippen LogP contribution in [0, 0.1) is 17.1 Å². The first-order valence-corrected chi connectivity index (χ1v) is 7.19. The minimum atomic E-state index is -0.449. The largest absolute Gasteiger partial charge is 0.353 e. The molecule has 2 rings (SSSR count). The lowest BCUT2D eigenvalue weighted by atomic mass is 10.1. The third-order valence-corrected chi connectivity index (χ3v) is 3.78. The van der Waals surface area contributed by atoms with Gasteiger partial charge in [-0.2, -0.15) is 5.26 Å². The normalized spacial score (nSPS) is 10.1. The number of benzene rings is 2. The lowest BCUT2D eigenvalue weighted by molar-refractivity contribution is 0.624. The van der Waals surface area contributed by atoms with Crippen LogP contribution in [-0.4, -0.2) is 0 Å². The van der Waals surface area contributed by atoms with Crippen LogP contribution in [0.1, 0.15) is 24.5 Å². The van der Waals surface area contributed by atoms with Crippen molar-refractivity contribution in [1.29, 1.82) is 5.26 Å². The zero-order valence-electron chi connectivity index (χ0n) is 11.1. The summed E-state index contributed by atoms with van der Waals surface area (Å²) in [5.41, 5.74) is 2.69. The van der Waals surface area contributed by atoms with E-state index in [1.165, 1.54) is 0 Å². The predicted octanol–water partition coefficient (Wildman–Crippen LogP) is 5.16. The van der Waals surface area contributed by atoms with Crippen molar-refractivity contribution in [3.05, 3.63) is 57.8 Å². The molecule has 0 heterocycles. The molecule has 0 bridgehead atoms. The topological polar surface area (TPSA) is 35.8 Å². The van der Waals surface area contributed by atoms with Crippen molar-refractivity contribution in [3.8, 4) is 6.07 Å². The molecule has 2 aromatic rings. The monoisotopic (exact) mass is 332 g/mol. The Bertz CT molecular complexity index is 662. The van der Waals surface area contributed by atoms with Gasteiger partial charge in [-0.25, -0.2) is 4.39 Å². The van der Waals surface area contributed by atoms with E-state index in [2.05, 4.69) is 28.2 Å². The highest BCUT2D eigenvalue weighted by Crippen LogP contribution is 2.30. The Balaban J connectivity index is 2.36. The van der Waals surface area contributed by atoms with Crippen molar-refractivity contribution < 1.29 is 4.39 Å². The van der Waals surface area contributed by atoms with Crippen LogP contribution in [0.4, 0.5) is 15.8 Å². The molecule has 0 saturated carbocycles. The van der Waals surface area contributed by atoms with Gasteiger partial charge in [0, 0.05) is 5.69 Å². The van der Waals surface area contributed by atoms with E-state index in [1.54, 1.807) is 12.1 Å². The Morgan fingerprint density at radius 1 is 1.20 bits per heavy atom. The minimum Gasteiger partial charge on any atom is -0.353 e. The van der Waals surface area contributed by atoms with Gasteiger partial charge < -0.3 is 5.32 Å². The maximum atomic E-state index is 14.2. The van der Waals surface area contributed by atoms with E-state index in [0.717, 1.165) is 24.1 Å². The van der Waals surface area contributed by atoms with Crippen molar-refractivity contribution in [3.63, 3.8) is 0 Å². The molecule has 0 amide bonds. The van der Waals surface area contributed by atoms with Gasteiger partial charge in [-0.05, 0) is 46.1 Å². The molecule has 102 valence electrons. The van der Waals surface area contributed by atoms with Gasteiger partial charge in [0.05, 0.1) is 15.7 Å². The third-order valence-electron chi connectivity index (χ3n) is 3.01. The number of nitrogens with zero attached hydrogens (tertiary/aromatic N) is 1. The van der Waals surface area contributed by atoms with Gasteiger partial charge in [0.2, 0.25) is 0 Å². The fourth-order valence-electron chi connectivity index (χ4n) is 2.01. The molecular weight excluding hydrogens is 319 g/mol. The van der Waals surface area contributed by atoms with Gasteiger partial charge in [-0.15, -0.1) is 0 Å². The average Bonchev–Trinajstić information content (AvgIpc) is 2.46. The molecule has 2 nitrogen and oxygen atoms in total. The van der Waals surface area contributed by atoms with E-state index in [-0.39, 0.29) is 10.0 Å². The molecular formula is C16H14BrFN2. The number of aryl methyl sites for hydroxylation is 1. The summed E-state index contributed by atoms with van der Waals surface area (Å²) < 4.78 is 14.4. The van der Waals surface area contributed by atoms with Crippen LogP contribution in [0.2, 0.25) is 0 Å². The summed E-state index contributed by atoms with van der Waals surface area (Å²) in [5, 5.41) is 12.0. The number of halogens is 2. The summed E-state index contributed by atoms with van der Waals surface area (Å²) in [6, 6.07) is 13.0.